The van der Waals surface area contributed by atoms with E-state index in [2.05, 4.69) is 5.32 Å². The average Bonchev–Trinajstić information content (AvgIpc) is 3.10. The molecule has 1 aliphatic rings. The van der Waals surface area contributed by atoms with Crippen molar-refractivity contribution in [3.05, 3.63) is 47.5 Å². The molecule has 0 bridgehead atoms. The molecular formula is C25H31N3O2. The van der Waals surface area contributed by atoms with Crippen molar-refractivity contribution in [2.24, 2.45) is 7.05 Å². The van der Waals surface area contributed by atoms with Gasteiger partial charge in [0.1, 0.15) is 5.69 Å². The Balaban J connectivity index is 1.39. The minimum absolute atomic E-state index is 0.0928. The molecule has 0 unspecified atom stereocenters. The van der Waals surface area contributed by atoms with Gasteiger partial charge in [-0.3, -0.25) is 9.48 Å². The molecule has 0 fully saturated rings. The van der Waals surface area contributed by atoms with Gasteiger partial charge >= 0.3 is 0 Å². The summed E-state index contributed by atoms with van der Waals surface area (Å²) in [6, 6.07) is 11.9. The molecule has 4 rings (SSSR count). The van der Waals surface area contributed by atoms with Gasteiger partial charge in [0.2, 0.25) is 0 Å². The van der Waals surface area contributed by atoms with Gasteiger partial charge in [-0.25, -0.2) is 0 Å². The fraction of sp³-hybridized carbons (Fsp3) is 0.440. The van der Waals surface area contributed by atoms with Crippen LogP contribution in [-0.4, -0.2) is 35.8 Å². The van der Waals surface area contributed by atoms with Crippen LogP contribution in [0.5, 0.6) is 0 Å². The summed E-state index contributed by atoms with van der Waals surface area (Å²) in [7, 11) is 3.70. The average molecular weight is 406 g/mol. The maximum absolute atomic E-state index is 13.3. The van der Waals surface area contributed by atoms with Crippen molar-refractivity contribution >= 4 is 22.4 Å². The molecule has 3 aromatic rings. The van der Waals surface area contributed by atoms with Crippen LogP contribution in [0, 0.1) is 0 Å². The molecule has 0 atom stereocenters. The van der Waals surface area contributed by atoms with Gasteiger partial charge in [0, 0.05) is 49.5 Å². The third kappa shape index (κ3) is 3.99. The SMILES string of the molecule is COCCCCCCCCCNc1cccc2c1C(=O)c1cccc3c1c-2nn3C. The van der Waals surface area contributed by atoms with Gasteiger partial charge in [-0.1, -0.05) is 56.4 Å². The predicted molar refractivity (Wildman–Crippen MR) is 122 cm³/mol. The minimum Gasteiger partial charge on any atom is -0.385 e. The first-order chi connectivity index (χ1) is 14.7. The molecule has 1 N–H and O–H groups in total. The lowest BCUT2D eigenvalue weighted by Gasteiger charge is -2.19. The molecule has 2 aromatic carbocycles. The van der Waals surface area contributed by atoms with Gasteiger partial charge in [0.15, 0.2) is 5.78 Å². The van der Waals surface area contributed by atoms with E-state index >= 15 is 0 Å². The predicted octanol–water partition coefficient (Wildman–Crippen LogP) is 5.57. The maximum Gasteiger partial charge on any atom is 0.196 e. The summed E-state index contributed by atoms with van der Waals surface area (Å²) in [6.45, 7) is 1.76. The summed E-state index contributed by atoms with van der Waals surface area (Å²) >= 11 is 0. The second-order valence-corrected chi connectivity index (χ2v) is 8.12. The number of hydrogen-bond acceptors (Lipinski definition) is 4. The number of benzene rings is 2. The summed E-state index contributed by atoms with van der Waals surface area (Å²) in [6.07, 6.45) is 8.58. The van der Waals surface area contributed by atoms with E-state index < -0.39 is 0 Å². The summed E-state index contributed by atoms with van der Waals surface area (Å²) < 4.78 is 6.96. The molecule has 1 aromatic heterocycles. The Kier molecular flexibility index (Phi) is 6.48. The molecule has 1 heterocycles. The molecule has 5 heteroatoms. The zero-order chi connectivity index (χ0) is 20.9. The molecule has 0 spiro atoms. The second-order valence-electron chi connectivity index (χ2n) is 8.12. The van der Waals surface area contributed by atoms with Crippen molar-refractivity contribution in [2.45, 2.75) is 44.9 Å². The van der Waals surface area contributed by atoms with Gasteiger partial charge in [0.05, 0.1) is 11.1 Å². The van der Waals surface area contributed by atoms with Gasteiger partial charge < -0.3 is 10.1 Å². The first-order valence-corrected chi connectivity index (χ1v) is 11.1. The second kappa shape index (κ2) is 9.43. The summed E-state index contributed by atoms with van der Waals surface area (Å²) in [4.78, 5) is 13.3. The number of unbranched alkanes of at least 4 members (excludes halogenated alkanes) is 6. The summed E-state index contributed by atoms with van der Waals surface area (Å²) in [5.74, 6) is 0.0928. The number of aryl methyl sites for hydroxylation is 1. The summed E-state index contributed by atoms with van der Waals surface area (Å²) in [5, 5.41) is 9.21. The molecule has 0 saturated heterocycles. The highest BCUT2D eigenvalue weighted by Crippen LogP contribution is 2.41. The van der Waals surface area contributed by atoms with E-state index in [9.17, 15) is 4.79 Å². The van der Waals surface area contributed by atoms with Crippen LogP contribution in [0.2, 0.25) is 0 Å². The first kappa shape index (κ1) is 20.6. The Morgan fingerprint density at radius 3 is 2.43 bits per heavy atom. The van der Waals surface area contributed by atoms with Crippen LogP contribution in [-0.2, 0) is 11.8 Å². The van der Waals surface area contributed by atoms with E-state index in [1.54, 1.807) is 7.11 Å². The number of nitrogens with zero attached hydrogens (tertiary/aromatic N) is 2. The first-order valence-electron chi connectivity index (χ1n) is 11.1. The van der Waals surface area contributed by atoms with E-state index in [1.807, 2.05) is 48.1 Å². The standard InChI is InChI=1S/C25H31N3O2/c1-28-21-15-11-13-19-23(21)24(27-28)18-12-10-14-20(22(18)25(19)29)26-16-8-6-4-3-5-7-9-17-30-2/h10-15,26H,3-9,16-17H2,1-2H3. The largest absolute Gasteiger partial charge is 0.385 e. The van der Waals surface area contributed by atoms with Crippen molar-refractivity contribution in [2.75, 3.05) is 25.6 Å². The van der Waals surface area contributed by atoms with Crippen LogP contribution in [0.1, 0.15) is 60.9 Å². The van der Waals surface area contributed by atoms with Crippen LogP contribution in [0.3, 0.4) is 0 Å². The molecule has 30 heavy (non-hydrogen) atoms. The molecule has 0 aliphatic heterocycles. The minimum atomic E-state index is 0.0928. The number of methoxy groups -OCH3 is 1. The van der Waals surface area contributed by atoms with Gasteiger partial charge in [-0.05, 0) is 25.0 Å². The quantitative estimate of drug-likeness (QED) is 0.331. The van der Waals surface area contributed by atoms with Gasteiger partial charge in [-0.2, -0.15) is 5.10 Å². The number of hydrogen-bond donors (Lipinski definition) is 1. The van der Waals surface area contributed by atoms with Crippen molar-refractivity contribution in [1.29, 1.82) is 0 Å². The highest BCUT2D eigenvalue weighted by molar-refractivity contribution is 6.27. The third-order valence-corrected chi connectivity index (χ3v) is 6.01. The molecule has 5 nitrogen and oxygen atoms in total. The van der Waals surface area contributed by atoms with E-state index in [1.165, 1.54) is 32.1 Å². The Bertz CT molecular complexity index is 1040. The smallest absolute Gasteiger partial charge is 0.196 e. The van der Waals surface area contributed by atoms with Crippen LogP contribution < -0.4 is 5.32 Å². The van der Waals surface area contributed by atoms with E-state index in [4.69, 9.17) is 9.84 Å². The van der Waals surface area contributed by atoms with Gasteiger partial charge in [-0.15, -0.1) is 0 Å². The fourth-order valence-corrected chi connectivity index (χ4v) is 4.44. The Hall–Kier alpha value is -2.66. The van der Waals surface area contributed by atoms with Crippen molar-refractivity contribution in [1.82, 2.24) is 9.78 Å². The van der Waals surface area contributed by atoms with Crippen LogP contribution in [0.4, 0.5) is 5.69 Å². The van der Waals surface area contributed by atoms with Crippen molar-refractivity contribution in [3.8, 4) is 11.3 Å². The topological polar surface area (TPSA) is 56.1 Å². The molecule has 0 radical (unpaired) electrons. The molecule has 0 amide bonds. The Labute approximate surface area is 178 Å². The lowest BCUT2D eigenvalue weighted by molar-refractivity contribution is 0.104. The number of nitrogens with one attached hydrogen (secondary N) is 1. The number of carbonyl (C=O) groups is 1. The van der Waals surface area contributed by atoms with Gasteiger partial charge in [0.25, 0.3) is 0 Å². The highest BCUT2D eigenvalue weighted by Gasteiger charge is 2.30. The fourth-order valence-electron chi connectivity index (χ4n) is 4.44. The lowest BCUT2D eigenvalue weighted by Crippen LogP contribution is -2.13. The zero-order valence-corrected chi connectivity index (χ0v) is 18.0. The van der Waals surface area contributed by atoms with E-state index in [0.29, 0.717) is 0 Å². The maximum atomic E-state index is 13.3. The third-order valence-electron chi connectivity index (χ3n) is 6.01. The number of aromatic nitrogens is 2. The molecule has 0 saturated carbocycles. The van der Waals surface area contributed by atoms with Crippen molar-refractivity contribution < 1.29 is 9.53 Å². The van der Waals surface area contributed by atoms with Crippen molar-refractivity contribution in [3.63, 3.8) is 0 Å². The molecule has 158 valence electrons. The van der Waals surface area contributed by atoms with E-state index in [-0.39, 0.29) is 5.78 Å². The van der Waals surface area contributed by atoms with Crippen LogP contribution >= 0.6 is 0 Å². The Morgan fingerprint density at radius 1 is 0.933 bits per heavy atom. The number of anilines is 1. The molecular weight excluding hydrogens is 374 g/mol. The Morgan fingerprint density at radius 2 is 1.63 bits per heavy atom. The number of rotatable bonds is 11. The number of ketones is 1. The number of fused-ring (bicyclic) bond motifs is 2. The zero-order valence-electron chi connectivity index (χ0n) is 18.0. The lowest BCUT2D eigenvalue weighted by atomic mass is 9.86. The van der Waals surface area contributed by atoms with E-state index in [0.717, 1.165) is 65.0 Å². The summed E-state index contributed by atoms with van der Waals surface area (Å²) in [5.41, 5.74) is 5.29. The number of ether oxygens (including phenoxy) is 1. The number of carbonyl (C=O) groups excluding carboxylic acids is 1. The normalized spacial score (nSPS) is 12.4. The van der Waals surface area contributed by atoms with Crippen LogP contribution in [0.25, 0.3) is 22.2 Å². The monoisotopic (exact) mass is 405 g/mol. The highest BCUT2D eigenvalue weighted by atomic mass is 16.5. The molecule has 1 aliphatic carbocycles. The van der Waals surface area contributed by atoms with Crippen LogP contribution in [0.15, 0.2) is 36.4 Å².